The molecule has 0 unspecified atom stereocenters. The van der Waals surface area contributed by atoms with Crippen molar-refractivity contribution in [1.29, 1.82) is 0 Å². The first-order chi connectivity index (χ1) is 11.4. The Morgan fingerprint density at radius 3 is 2.54 bits per heavy atom. The van der Waals surface area contributed by atoms with Gasteiger partial charge in [0, 0.05) is 41.5 Å². The third-order valence-electron chi connectivity index (χ3n) is 3.46. The highest BCUT2D eigenvalue weighted by molar-refractivity contribution is 5.98. The van der Waals surface area contributed by atoms with Gasteiger partial charge in [-0.25, -0.2) is 0 Å². The van der Waals surface area contributed by atoms with E-state index in [4.69, 9.17) is 0 Å². The van der Waals surface area contributed by atoms with Gasteiger partial charge in [0.25, 0.3) is 5.91 Å². The van der Waals surface area contributed by atoms with Gasteiger partial charge in [-0.05, 0) is 30.3 Å². The summed E-state index contributed by atoms with van der Waals surface area (Å²) in [6.07, 6.45) is 2.41. The van der Waals surface area contributed by atoms with E-state index in [0.717, 1.165) is 5.69 Å². The van der Waals surface area contributed by atoms with Gasteiger partial charge < -0.3 is 10.6 Å². The number of rotatable bonds is 5. The van der Waals surface area contributed by atoms with Crippen LogP contribution in [0.5, 0.6) is 0 Å². The van der Waals surface area contributed by atoms with E-state index in [1.54, 1.807) is 30.5 Å². The highest BCUT2D eigenvalue weighted by Gasteiger charge is 2.21. The molecule has 0 radical (unpaired) electrons. The number of amides is 2. The molecule has 5 nitrogen and oxygen atoms in total. The van der Waals surface area contributed by atoms with Crippen LogP contribution in [-0.4, -0.2) is 23.3 Å². The van der Waals surface area contributed by atoms with Crippen LogP contribution in [0.1, 0.15) is 36.8 Å². The van der Waals surface area contributed by atoms with Crippen molar-refractivity contribution in [1.82, 2.24) is 10.3 Å². The number of hydrogen-bond acceptors (Lipinski definition) is 3. The minimum absolute atomic E-state index is 0.0878. The molecule has 1 aromatic heterocycles. The first-order valence-corrected chi connectivity index (χ1v) is 7.96. The molecule has 0 saturated carbocycles. The van der Waals surface area contributed by atoms with E-state index >= 15 is 0 Å². The highest BCUT2D eigenvalue weighted by Crippen LogP contribution is 2.18. The summed E-state index contributed by atoms with van der Waals surface area (Å²) in [4.78, 5) is 28.5. The Kier molecular flexibility index (Phi) is 5.68. The van der Waals surface area contributed by atoms with Crippen LogP contribution in [0.4, 0.5) is 5.69 Å². The predicted octanol–water partition coefficient (Wildman–Crippen LogP) is 3.04. The van der Waals surface area contributed by atoms with Gasteiger partial charge in [-0.1, -0.05) is 32.9 Å². The van der Waals surface area contributed by atoms with Crippen LogP contribution in [0.15, 0.2) is 48.7 Å². The zero-order valence-electron chi connectivity index (χ0n) is 14.3. The predicted molar refractivity (Wildman–Crippen MR) is 94.8 cm³/mol. The summed E-state index contributed by atoms with van der Waals surface area (Å²) in [7, 11) is 0. The van der Waals surface area contributed by atoms with Gasteiger partial charge in [0.15, 0.2) is 0 Å². The summed E-state index contributed by atoms with van der Waals surface area (Å²) in [5.41, 5.74) is 1.58. The van der Waals surface area contributed by atoms with Crippen LogP contribution < -0.4 is 10.6 Å². The molecule has 0 saturated heterocycles. The van der Waals surface area contributed by atoms with Crippen molar-refractivity contribution in [3.8, 4) is 0 Å². The van der Waals surface area contributed by atoms with Crippen molar-refractivity contribution in [3.63, 3.8) is 0 Å². The van der Waals surface area contributed by atoms with Crippen LogP contribution in [0.3, 0.4) is 0 Å². The lowest BCUT2D eigenvalue weighted by Gasteiger charge is -2.18. The normalized spacial score (nSPS) is 11.0. The summed E-state index contributed by atoms with van der Waals surface area (Å²) in [5, 5.41) is 5.70. The minimum atomic E-state index is -0.485. The molecule has 0 aliphatic rings. The third kappa shape index (κ3) is 5.19. The fraction of sp³-hybridized carbons (Fsp3) is 0.316. The second-order valence-electron chi connectivity index (χ2n) is 6.61. The number of nitrogens with one attached hydrogen (secondary N) is 2. The van der Waals surface area contributed by atoms with Gasteiger partial charge in [-0.15, -0.1) is 0 Å². The molecule has 2 aromatic rings. The van der Waals surface area contributed by atoms with E-state index < -0.39 is 5.41 Å². The Labute approximate surface area is 142 Å². The number of carbonyl (C=O) groups excluding carboxylic acids is 2. The molecule has 2 amide bonds. The van der Waals surface area contributed by atoms with Gasteiger partial charge in [-0.3, -0.25) is 14.6 Å². The first kappa shape index (κ1) is 17.7. The Morgan fingerprint density at radius 1 is 1.08 bits per heavy atom. The molecule has 2 N–H and O–H groups in total. The Balaban J connectivity index is 1.92. The summed E-state index contributed by atoms with van der Waals surface area (Å²) < 4.78 is 0. The maximum absolute atomic E-state index is 12.2. The second kappa shape index (κ2) is 7.73. The smallest absolute Gasteiger partial charge is 0.251 e. The van der Waals surface area contributed by atoms with Crippen LogP contribution in [0.25, 0.3) is 0 Å². The number of nitrogens with zero attached hydrogens (tertiary/aromatic N) is 1. The molecule has 1 heterocycles. The van der Waals surface area contributed by atoms with Crippen LogP contribution in [-0.2, 0) is 11.2 Å². The van der Waals surface area contributed by atoms with Crippen LogP contribution >= 0.6 is 0 Å². The van der Waals surface area contributed by atoms with E-state index in [9.17, 15) is 9.59 Å². The lowest BCUT2D eigenvalue weighted by molar-refractivity contribution is -0.123. The van der Waals surface area contributed by atoms with Crippen molar-refractivity contribution < 1.29 is 9.59 Å². The molecule has 5 heteroatoms. The minimum Gasteiger partial charge on any atom is -0.352 e. The number of carbonyl (C=O) groups is 2. The molecule has 0 bridgehead atoms. The van der Waals surface area contributed by atoms with Crippen molar-refractivity contribution >= 4 is 17.5 Å². The quantitative estimate of drug-likeness (QED) is 0.887. The van der Waals surface area contributed by atoms with Crippen molar-refractivity contribution in [3.05, 3.63) is 59.9 Å². The van der Waals surface area contributed by atoms with E-state index in [-0.39, 0.29) is 11.8 Å². The molecular weight excluding hydrogens is 302 g/mol. The molecule has 0 atom stereocenters. The Hall–Kier alpha value is -2.69. The number of benzene rings is 1. The number of hydrogen-bond donors (Lipinski definition) is 2. The van der Waals surface area contributed by atoms with Crippen LogP contribution in [0.2, 0.25) is 0 Å². The number of anilines is 1. The Bertz CT molecular complexity index is 706. The third-order valence-corrected chi connectivity index (χ3v) is 3.46. The van der Waals surface area contributed by atoms with E-state index in [0.29, 0.717) is 24.2 Å². The largest absolute Gasteiger partial charge is 0.352 e. The number of pyridine rings is 1. The van der Waals surface area contributed by atoms with Crippen molar-refractivity contribution in [2.24, 2.45) is 5.41 Å². The maximum atomic E-state index is 12.2. The van der Waals surface area contributed by atoms with Gasteiger partial charge in [0.1, 0.15) is 0 Å². The fourth-order valence-corrected chi connectivity index (χ4v) is 2.01. The summed E-state index contributed by atoms with van der Waals surface area (Å²) in [5.74, 6) is -0.256. The molecule has 24 heavy (non-hydrogen) atoms. The highest BCUT2D eigenvalue weighted by atomic mass is 16.2. The lowest BCUT2D eigenvalue weighted by atomic mass is 9.95. The average Bonchev–Trinajstić information content (AvgIpc) is 2.55. The van der Waals surface area contributed by atoms with Crippen molar-refractivity contribution in [2.75, 3.05) is 11.9 Å². The van der Waals surface area contributed by atoms with E-state index in [1.165, 1.54) is 0 Å². The second-order valence-corrected chi connectivity index (χ2v) is 6.61. The molecule has 1 aromatic carbocycles. The van der Waals surface area contributed by atoms with Crippen molar-refractivity contribution in [2.45, 2.75) is 27.2 Å². The fourth-order valence-electron chi connectivity index (χ4n) is 2.01. The molecule has 126 valence electrons. The molecule has 0 spiro atoms. The Morgan fingerprint density at radius 2 is 1.88 bits per heavy atom. The number of aromatic nitrogens is 1. The molecular formula is C19H23N3O2. The maximum Gasteiger partial charge on any atom is 0.251 e. The summed E-state index contributed by atoms with van der Waals surface area (Å²) >= 11 is 0. The molecule has 0 aliphatic carbocycles. The average molecular weight is 325 g/mol. The first-order valence-electron chi connectivity index (χ1n) is 7.96. The molecule has 0 aliphatic heterocycles. The molecule has 0 fully saturated rings. The van der Waals surface area contributed by atoms with Gasteiger partial charge in [0.2, 0.25) is 5.91 Å². The van der Waals surface area contributed by atoms with Crippen LogP contribution in [0, 0.1) is 5.41 Å². The monoisotopic (exact) mass is 325 g/mol. The van der Waals surface area contributed by atoms with E-state index in [2.05, 4.69) is 15.6 Å². The molecule has 2 rings (SSSR count). The summed E-state index contributed by atoms with van der Waals surface area (Å²) in [6, 6.07) is 12.6. The standard InChI is InChI=1S/C19H23N3O2/c1-19(2,3)18(24)22-16-9-6-7-14(13-16)17(23)21-12-10-15-8-4-5-11-20-15/h4-9,11,13H,10,12H2,1-3H3,(H,21,23)(H,22,24). The van der Waals surface area contributed by atoms with Gasteiger partial charge in [-0.2, -0.15) is 0 Å². The van der Waals surface area contributed by atoms with E-state index in [1.807, 2.05) is 39.0 Å². The SMILES string of the molecule is CC(C)(C)C(=O)Nc1cccc(C(=O)NCCc2ccccn2)c1. The topological polar surface area (TPSA) is 71.1 Å². The van der Waals surface area contributed by atoms with Gasteiger partial charge >= 0.3 is 0 Å². The zero-order chi connectivity index (χ0) is 17.6. The van der Waals surface area contributed by atoms with Gasteiger partial charge in [0.05, 0.1) is 0 Å². The summed E-state index contributed by atoms with van der Waals surface area (Å²) in [6.45, 7) is 6.04. The lowest BCUT2D eigenvalue weighted by Crippen LogP contribution is -2.28. The zero-order valence-corrected chi connectivity index (χ0v) is 14.3.